The lowest BCUT2D eigenvalue weighted by Crippen LogP contribution is -2.31. The van der Waals surface area contributed by atoms with E-state index in [0.717, 1.165) is 29.9 Å². The summed E-state index contributed by atoms with van der Waals surface area (Å²) in [4.78, 5) is 14.7. The van der Waals surface area contributed by atoms with E-state index in [1.807, 2.05) is 39.4 Å². The lowest BCUT2D eigenvalue weighted by molar-refractivity contribution is 0.0739. The molecule has 4 rings (SSSR count). The number of hydrogen-bond acceptors (Lipinski definition) is 5. The van der Waals surface area contributed by atoms with Gasteiger partial charge >= 0.3 is 0 Å². The fraction of sp³-hybridized carbons (Fsp3) is 0.389. The Labute approximate surface area is 155 Å². The summed E-state index contributed by atoms with van der Waals surface area (Å²) in [7, 11) is 0. The predicted octanol–water partition coefficient (Wildman–Crippen LogP) is 2.82. The third kappa shape index (κ3) is 3.17. The standard InChI is InChI=1S/C18H21N5O2S/c1-2-17(24)15-8-13-10-22(5-3-6-23(13)21-15)18(25)16-9-14(19-20-16)12-4-7-26-11-12/h4,7-9,11,17,24H,2-3,5-6,10H2,1H3,(H,19,20). The highest BCUT2D eigenvalue weighted by Crippen LogP contribution is 2.23. The van der Waals surface area contributed by atoms with Crippen molar-refractivity contribution in [1.29, 1.82) is 0 Å². The molecule has 0 radical (unpaired) electrons. The molecule has 0 aromatic carbocycles. The van der Waals surface area contributed by atoms with E-state index in [0.29, 0.717) is 30.9 Å². The molecule has 1 unspecified atom stereocenters. The molecule has 0 bridgehead atoms. The molecule has 1 aliphatic rings. The van der Waals surface area contributed by atoms with Crippen molar-refractivity contribution in [1.82, 2.24) is 24.9 Å². The Kier molecular flexibility index (Phi) is 4.60. The Balaban J connectivity index is 1.54. The van der Waals surface area contributed by atoms with Crippen LogP contribution in [0.15, 0.2) is 29.0 Å². The van der Waals surface area contributed by atoms with Gasteiger partial charge in [-0.05, 0) is 36.4 Å². The Morgan fingerprint density at radius 1 is 1.42 bits per heavy atom. The zero-order chi connectivity index (χ0) is 18.1. The molecule has 26 heavy (non-hydrogen) atoms. The van der Waals surface area contributed by atoms with Crippen LogP contribution in [0.5, 0.6) is 0 Å². The van der Waals surface area contributed by atoms with Crippen LogP contribution in [-0.2, 0) is 13.1 Å². The van der Waals surface area contributed by atoms with Crippen LogP contribution in [0.1, 0.15) is 47.7 Å². The number of thiophene rings is 1. The maximum Gasteiger partial charge on any atom is 0.272 e. The highest BCUT2D eigenvalue weighted by Gasteiger charge is 2.24. The van der Waals surface area contributed by atoms with Gasteiger partial charge in [0.15, 0.2) is 0 Å². The first-order valence-corrected chi connectivity index (χ1v) is 9.72. The second kappa shape index (κ2) is 7.05. The molecular weight excluding hydrogens is 350 g/mol. The highest BCUT2D eigenvalue weighted by molar-refractivity contribution is 7.08. The molecule has 1 atom stereocenters. The fourth-order valence-electron chi connectivity index (χ4n) is 3.19. The molecule has 1 aliphatic heterocycles. The van der Waals surface area contributed by atoms with Crippen molar-refractivity contribution in [3.05, 3.63) is 46.0 Å². The van der Waals surface area contributed by atoms with Crippen LogP contribution in [0.2, 0.25) is 0 Å². The molecule has 136 valence electrons. The number of aryl methyl sites for hydroxylation is 1. The quantitative estimate of drug-likeness (QED) is 0.738. The monoisotopic (exact) mass is 371 g/mol. The Bertz CT molecular complexity index is 899. The number of aliphatic hydroxyl groups is 1. The van der Waals surface area contributed by atoms with Crippen molar-refractivity contribution in [2.45, 2.75) is 39.0 Å². The molecule has 7 nitrogen and oxygen atoms in total. The number of hydrogen-bond donors (Lipinski definition) is 2. The lowest BCUT2D eigenvalue weighted by atomic mass is 10.2. The number of aliphatic hydroxyl groups excluding tert-OH is 1. The van der Waals surface area contributed by atoms with Crippen molar-refractivity contribution in [3.63, 3.8) is 0 Å². The molecule has 0 aliphatic carbocycles. The van der Waals surface area contributed by atoms with Gasteiger partial charge in [-0.1, -0.05) is 6.92 Å². The van der Waals surface area contributed by atoms with E-state index in [1.54, 1.807) is 17.4 Å². The van der Waals surface area contributed by atoms with Gasteiger partial charge in [-0.15, -0.1) is 0 Å². The van der Waals surface area contributed by atoms with Crippen molar-refractivity contribution in [2.24, 2.45) is 0 Å². The van der Waals surface area contributed by atoms with Crippen LogP contribution < -0.4 is 0 Å². The number of H-pyrrole nitrogens is 1. The molecule has 2 N–H and O–H groups in total. The minimum absolute atomic E-state index is 0.0637. The largest absolute Gasteiger partial charge is 0.387 e. The van der Waals surface area contributed by atoms with Gasteiger partial charge in [0.2, 0.25) is 0 Å². The first-order chi connectivity index (χ1) is 12.7. The van der Waals surface area contributed by atoms with Gasteiger partial charge in [-0.3, -0.25) is 14.6 Å². The Morgan fingerprint density at radius 2 is 2.31 bits per heavy atom. The molecule has 0 saturated heterocycles. The molecule has 3 aromatic heterocycles. The topological polar surface area (TPSA) is 87.0 Å². The van der Waals surface area contributed by atoms with Crippen LogP contribution in [0, 0.1) is 0 Å². The number of nitrogens with zero attached hydrogens (tertiary/aromatic N) is 4. The van der Waals surface area contributed by atoms with Crippen LogP contribution in [-0.4, -0.2) is 42.4 Å². The van der Waals surface area contributed by atoms with E-state index >= 15 is 0 Å². The number of rotatable bonds is 4. The first-order valence-electron chi connectivity index (χ1n) is 8.77. The van der Waals surface area contributed by atoms with Crippen molar-refractivity contribution < 1.29 is 9.90 Å². The minimum Gasteiger partial charge on any atom is -0.387 e. The Hall–Kier alpha value is -2.45. The van der Waals surface area contributed by atoms with Crippen LogP contribution in [0.4, 0.5) is 0 Å². The van der Waals surface area contributed by atoms with E-state index < -0.39 is 6.10 Å². The number of carbonyl (C=O) groups excluding carboxylic acids is 1. The Morgan fingerprint density at radius 3 is 3.08 bits per heavy atom. The summed E-state index contributed by atoms with van der Waals surface area (Å²) in [6, 6.07) is 5.70. The molecule has 0 saturated carbocycles. The van der Waals surface area contributed by atoms with Crippen LogP contribution in [0.3, 0.4) is 0 Å². The fourth-order valence-corrected chi connectivity index (χ4v) is 3.84. The van der Waals surface area contributed by atoms with Crippen LogP contribution in [0.25, 0.3) is 11.3 Å². The molecule has 1 amide bonds. The second-order valence-electron chi connectivity index (χ2n) is 6.47. The first kappa shape index (κ1) is 17.0. The highest BCUT2D eigenvalue weighted by atomic mass is 32.1. The number of aromatic nitrogens is 4. The van der Waals surface area contributed by atoms with E-state index in [2.05, 4.69) is 15.3 Å². The molecule has 3 aromatic rings. The zero-order valence-electron chi connectivity index (χ0n) is 14.6. The molecular formula is C18H21N5O2S. The SMILES string of the molecule is CCC(O)c1cc2n(n1)CCCN(C(=O)c1cc(-c3ccsc3)n[nH]1)C2. The number of fused-ring (bicyclic) bond motifs is 1. The summed E-state index contributed by atoms with van der Waals surface area (Å²) < 4.78 is 1.91. The van der Waals surface area contributed by atoms with Gasteiger partial charge in [-0.2, -0.15) is 21.5 Å². The van der Waals surface area contributed by atoms with E-state index in [-0.39, 0.29) is 5.91 Å². The maximum absolute atomic E-state index is 12.9. The molecule has 4 heterocycles. The van der Waals surface area contributed by atoms with Crippen molar-refractivity contribution in [2.75, 3.05) is 6.54 Å². The van der Waals surface area contributed by atoms with E-state index in [9.17, 15) is 9.90 Å². The third-order valence-corrected chi connectivity index (χ3v) is 5.36. The normalized spacial score (nSPS) is 15.5. The average Bonchev–Trinajstić information content (AvgIpc) is 3.38. The number of carbonyl (C=O) groups is 1. The van der Waals surface area contributed by atoms with Gasteiger partial charge in [0.25, 0.3) is 5.91 Å². The number of nitrogens with one attached hydrogen (secondary N) is 1. The van der Waals surface area contributed by atoms with Crippen molar-refractivity contribution >= 4 is 17.2 Å². The third-order valence-electron chi connectivity index (χ3n) is 4.67. The number of aromatic amines is 1. The summed E-state index contributed by atoms with van der Waals surface area (Å²) in [6.45, 7) is 3.82. The van der Waals surface area contributed by atoms with Gasteiger partial charge in [0.1, 0.15) is 5.69 Å². The second-order valence-corrected chi connectivity index (χ2v) is 7.25. The van der Waals surface area contributed by atoms with Gasteiger partial charge in [-0.25, -0.2) is 0 Å². The average molecular weight is 371 g/mol. The number of amides is 1. The van der Waals surface area contributed by atoms with Gasteiger partial charge in [0, 0.05) is 24.0 Å². The molecule has 0 spiro atoms. The van der Waals surface area contributed by atoms with E-state index in [4.69, 9.17) is 0 Å². The minimum atomic E-state index is -0.556. The van der Waals surface area contributed by atoms with Crippen LogP contribution >= 0.6 is 11.3 Å². The summed E-state index contributed by atoms with van der Waals surface area (Å²) in [6.07, 6.45) is 0.894. The van der Waals surface area contributed by atoms with Gasteiger partial charge < -0.3 is 10.0 Å². The summed E-state index contributed by atoms with van der Waals surface area (Å²) in [5.41, 5.74) is 3.92. The summed E-state index contributed by atoms with van der Waals surface area (Å²) >= 11 is 1.60. The summed E-state index contributed by atoms with van der Waals surface area (Å²) in [5.74, 6) is -0.0637. The zero-order valence-corrected chi connectivity index (χ0v) is 15.4. The van der Waals surface area contributed by atoms with E-state index in [1.165, 1.54) is 0 Å². The smallest absolute Gasteiger partial charge is 0.272 e. The molecule has 8 heteroatoms. The summed E-state index contributed by atoms with van der Waals surface area (Å²) in [5, 5.41) is 25.7. The van der Waals surface area contributed by atoms with Gasteiger partial charge in [0.05, 0.1) is 29.7 Å². The van der Waals surface area contributed by atoms with Crippen molar-refractivity contribution in [3.8, 4) is 11.3 Å². The maximum atomic E-state index is 12.9. The predicted molar refractivity (Wildman–Crippen MR) is 98.7 cm³/mol. The molecule has 0 fully saturated rings. The lowest BCUT2D eigenvalue weighted by Gasteiger charge is -2.18.